The number of ether oxygens (including phenoxy) is 1. The number of aromatic nitrogens is 2. The Morgan fingerprint density at radius 2 is 2.03 bits per heavy atom. The van der Waals surface area contributed by atoms with E-state index in [1.807, 2.05) is 31.3 Å². The van der Waals surface area contributed by atoms with Crippen molar-refractivity contribution < 1.29 is 13.9 Å². The number of rotatable bonds is 8. The lowest BCUT2D eigenvalue weighted by atomic mass is 9.98. The third-order valence-corrected chi connectivity index (χ3v) is 5.03. The molecule has 3 aromatic rings. The third-order valence-electron chi connectivity index (χ3n) is 5.03. The second kappa shape index (κ2) is 9.37. The van der Waals surface area contributed by atoms with E-state index < -0.39 is 6.04 Å². The van der Waals surface area contributed by atoms with Crippen molar-refractivity contribution in [2.45, 2.75) is 32.2 Å². The number of nitrogens with one attached hydrogen (secondary N) is 1. The number of aryl methyl sites for hydroxylation is 1. The maximum absolute atomic E-state index is 13.8. The van der Waals surface area contributed by atoms with Crippen LogP contribution in [0.15, 0.2) is 60.9 Å². The summed E-state index contributed by atoms with van der Waals surface area (Å²) in [4.78, 5) is 17.0. The van der Waals surface area contributed by atoms with E-state index in [1.165, 1.54) is 12.1 Å². The number of hydrogen-bond acceptors (Lipinski definition) is 3. The third kappa shape index (κ3) is 5.02. The summed E-state index contributed by atoms with van der Waals surface area (Å²) in [5.41, 5.74) is 1.70. The molecule has 29 heavy (non-hydrogen) atoms. The minimum atomic E-state index is -0.577. The van der Waals surface area contributed by atoms with Crippen molar-refractivity contribution in [3.8, 4) is 5.75 Å². The predicted octanol–water partition coefficient (Wildman–Crippen LogP) is 4.36. The molecule has 152 valence electrons. The summed E-state index contributed by atoms with van der Waals surface area (Å²) < 4.78 is 21.4. The summed E-state index contributed by atoms with van der Waals surface area (Å²) in [6.45, 7) is 4.11. The standard InChI is InChI=1S/C23H26FN3O2/c1-4-16(2)19-10-5-6-11-20(19)29-15-21(28)26-22(23-25-12-13-27(23)3)17-8-7-9-18(24)14-17/h5-14,16,22H,4,15H2,1-3H3,(H,26,28). The number of hydrogen-bond donors (Lipinski definition) is 1. The van der Waals surface area contributed by atoms with Crippen LogP contribution in [0.1, 0.15) is 49.2 Å². The summed E-state index contributed by atoms with van der Waals surface area (Å²) in [6.07, 6.45) is 4.41. The highest BCUT2D eigenvalue weighted by molar-refractivity contribution is 5.78. The number of halogens is 1. The lowest BCUT2D eigenvalue weighted by Gasteiger charge is -2.20. The molecular formula is C23H26FN3O2. The second-order valence-electron chi connectivity index (χ2n) is 7.09. The van der Waals surface area contributed by atoms with E-state index in [0.717, 1.165) is 12.0 Å². The van der Waals surface area contributed by atoms with Crippen molar-refractivity contribution in [2.75, 3.05) is 6.61 Å². The first-order valence-electron chi connectivity index (χ1n) is 9.73. The van der Waals surface area contributed by atoms with Crippen LogP contribution in [0.5, 0.6) is 5.75 Å². The van der Waals surface area contributed by atoms with Gasteiger partial charge in [-0.3, -0.25) is 4.79 Å². The lowest BCUT2D eigenvalue weighted by molar-refractivity contribution is -0.123. The fraction of sp³-hybridized carbons (Fsp3) is 0.304. The molecule has 5 nitrogen and oxygen atoms in total. The van der Waals surface area contributed by atoms with E-state index in [0.29, 0.717) is 23.1 Å². The molecule has 1 aromatic heterocycles. The van der Waals surface area contributed by atoms with Gasteiger partial charge in [-0.1, -0.05) is 44.2 Å². The zero-order valence-corrected chi connectivity index (χ0v) is 16.9. The smallest absolute Gasteiger partial charge is 0.258 e. The van der Waals surface area contributed by atoms with Crippen LogP contribution in [0.2, 0.25) is 0 Å². The number of nitrogens with zero attached hydrogens (tertiary/aromatic N) is 2. The molecule has 1 heterocycles. The SMILES string of the molecule is CCC(C)c1ccccc1OCC(=O)NC(c1cccc(F)c1)c1nccn1C. The molecule has 0 saturated heterocycles. The predicted molar refractivity (Wildman–Crippen MR) is 110 cm³/mol. The molecule has 0 saturated carbocycles. The summed E-state index contributed by atoms with van der Waals surface area (Å²) in [5.74, 6) is 0.984. The fourth-order valence-corrected chi connectivity index (χ4v) is 3.22. The summed E-state index contributed by atoms with van der Waals surface area (Å²) >= 11 is 0. The van der Waals surface area contributed by atoms with Gasteiger partial charge in [0.25, 0.3) is 5.91 Å². The van der Waals surface area contributed by atoms with Crippen LogP contribution in [0.4, 0.5) is 4.39 Å². The largest absolute Gasteiger partial charge is 0.483 e. The summed E-state index contributed by atoms with van der Waals surface area (Å²) in [7, 11) is 1.83. The number of benzene rings is 2. The first-order valence-corrected chi connectivity index (χ1v) is 9.73. The monoisotopic (exact) mass is 395 g/mol. The van der Waals surface area contributed by atoms with Gasteiger partial charge in [0, 0.05) is 19.4 Å². The number of carbonyl (C=O) groups excluding carboxylic acids is 1. The van der Waals surface area contributed by atoms with Crippen LogP contribution in [0, 0.1) is 5.82 Å². The van der Waals surface area contributed by atoms with Gasteiger partial charge in [-0.15, -0.1) is 0 Å². The van der Waals surface area contributed by atoms with Gasteiger partial charge in [0.05, 0.1) is 0 Å². The molecule has 0 fully saturated rings. The summed E-state index contributed by atoms with van der Waals surface area (Å²) in [5, 5.41) is 2.92. The van der Waals surface area contributed by atoms with E-state index in [1.54, 1.807) is 29.1 Å². The average molecular weight is 395 g/mol. The highest BCUT2D eigenvalue weighted by Crippen LogP contribution is 2.28. The van der Waals surface area contributed by atoms with Gasteiger partial charge in [-0.25, -0.2) is 9.37 Å². The van der Waals surface area contributed by atoms with E-state index in [2.05, 4.69) is 24.1 Å². The summed E-state index contributed by atoms with van der Waals surface area (Å²) in [6, 6.07) is 13.3. The van der Waals surface area contributed by atoms with Crippen LogP contribution in [-0.4, -0.2) is 22.1 Å². The number of carbonyl (C=O) groups is 1. The van der Waals surface area contributed by atoms with Crippen molar-refractivity contribution in [1.29, 1.82) is 0 Å². The zero-order chi connectivity index (χ0) is 20.8. The number of amides is 1. The number of imidazole rings is 1. The van der Waals surface area contributed by atoms with Crippen LogP contribution in [-0.2, 0) is 11.8 Å². The van der Waals surface area contributed by atoms with Gasteiger partial charge in [0.2, 0.25) is 0 Å². The minimum Gasteiger partial charge on any atom is -0.483 e. The first kappa shape index (κ1) is 20.6. The molecule has 0 spiro atoms. The maximum Gasteiger partial charge on any atom is 0.258 e. The Morgan fingerprint density at radius 3 is 2.72 bits per heavy atom. The average Bonchev–Trinajstić information content (AvgIpc) is 3.15. The van der Waals surface area contributed by atoms with Gasteiger partial charge >= 0.3 is 0 Å². The molecule has 6 heteroatoms. The zero-order valence-electron chi connectivity index (χ0n) is 16.9. The van der Waals surface area contributed by atoms with Crippen molar-refractivity contribution in [3.05, 3.63) is 83.7 Å². The first-order chi connectivity index (χ1) is 14.0. The minimum absolute atomic E-state index is 0.135. The highest BCUT2D eigenvalue weighted by Gasteiger charge is 2.22. The van der Waals surface area contributed by atoms with Gasteiger partial charge in [0.1, 0.15) is 23.4 Å². The van der Waals surface area contributed by atoms with E-state index in [-0.39, 0.29) is 18.3 Å². The molecule has 0 radical (unpaired) electrons. The second-order valence-corrected chi connectivity index (χ2v) is 7.09. The van der Waals surface area contributed by atoms with Gasteiger partial charge in [0.15, 0.2) is 6.61 Å². The highest BCUT2D eigenvalue weighted by atomic mass is 19.1. The van der Waals surface area contributed by atoms with Crippen molar-refractivity contribution >= 4 is 5.91 Å². The molecule has 1 N–H and O–H groups in total. The van der Waals surface area contributed by atoms with Crippen molar-refractivity contribution in [1.82, 2.24) is 14.9 Å². The Kier molecular flexibility index (Phi) is 6.65. The normalized spacial score (nSPS) is 13.0. The van der Waals surface area contributed by atoms with Gasteiger partial charge in [-0.2, -0.15) is 0 Å². The molecule has 2 unspecified atom stereocenters. The molecule has 2 atom stereocenters. The Labute approximate surface area is 170 Å². The molecule has 2 aromatic carbocycles. The van der Waals surface area contributed by atoms with E-state index in [4.69, 9.17) is 4.74 Å². The van der Waals surface area contributed by atoms with Gasteiger partial charge in [-0.05, 0) is 41.7 Å². The molecule has 0 aliphatic carbocycles. The Morgan fingerprint density at radius 1 is 1.24 bits per heavy atom. The Hall–Kier alpha value is -3.15. The topological polar surface area (TPSA) is 56.1 Å². The van der Waals surface area contributed by atoms with E-state index in [9.17, 15) is 9.18 Å². The molecular weight excluding hydrogens is 369 g/mol. The molecule has 0 aliphatic rings. The Balaban J connectivity index is 1.76. The maximum atomic E-state index is 13.8. The fourth-order valence-electron chi connectivity index (χ4n) is 3.22. The van der Waals surface area contributed by atoms with E-state index >= 15 is 0 Å². The van der Waals surface area contributed by atoms with Gasteiger partial charge < -0.3 is 14.6 Å². The molecule has 0 aliphatic heterocycles. The lowest BCUT2D eigenvalue weighted by Crippen LogP contribution is -2.34. The van der Waals surface area contributed by atoms with Crippen LogP contribution in [0.25, 0.3) is 0 Å². The van der Waals surface area contributed by atoms with Crippen LogP contribution < -0.4 is 10.1 Å². The number of para-hydroxylation sites is 1. The Bertz CT molecular complexity index is 970. The quantitative estimate of drug-likeness (QED) is 0.617. The molecule has 1 amide bonds. The van der Waals surface area contributed by atoms with Crippen LogP contribution in [0.3, 0.4) is 0 Å². The molecule has 0 bridgehead atoms. The molecule has 3 rings (SSSR count). The van der Waals surface area contributed by atoms with Crippen molar-refractivity contribution in [3.63, 3.8) is 0 Å². The van der Waals surface area contributed by atoms with Crippen molar-refractivity contribution in [2.24, 2.45) is 7.05 Å². The van der Waals surface area contributed by atoms with Crippen LogP contribution >= 0.6 is 0 Å².